The highest BCUT2D eigenvalue weighted by molar-refractivity contribution is 5.13. The maximum Gasteiger partial charge on any atom is 0.0724 e. The molecule has 3 atom stereocenters. The summed E-state index contributed by atoms with van der Waals surface area (Å²) < 4.78 is 5.52. The molecule has 1 heterocycles. The van der Waals surface area contributed by atoms with Crippen molar-refractivity contribution in [3.05, 3.63) is 36.5 Å². The van der Waals surface area contributed by atoms with E-state index >= 15 is 0 Å². The number of hydrogen-bond acceptors (Lipinski definition) is 2. The molecule has 0 aromatic rings. The zero-order valence-electron chi connectivity index (χ0n) is 13.6. The number of likely N-dealkylation sites (N-methyl/N-ethyl adjacent to an activating group) is 1. The monoisotopic (exact) mass is 277 g/mol. The van der Waals surface area contributed by atoms with Crippen LogP contribution in [-0.2, 0) is 4.74 Å². The topological polar surface area (TPSA) is 12.5 Å². The van der Waals surface area contributed by atoms with Crippen LogP contribution >= 0.6 is 0 Å². The molecule has 1 saturated heterocycles. The van der Waals surface area contributed by atoms with Gasteiger partial charge in [-0.05, 0) is 33.2 Å². The lowest BCUT2D eigenvalue weighted by molar-refractivity contribution is -0.0148. The lowest BCUT2D eigenvalue weighted by Gasteiger charge is -2.41. The van der Waals surface area contributed by atoms with Crippen molar-refractivity contribution >= 4 is 0 Å². The molecular weight excluding hydrogens is 246 g/mol. The zero-order valence-corrected chi connectivity index (χ0v) is 13.6. The number of hydrogen-bond donors (Lipinski definition) is 0. The highest BCUT2D eigenvalue weighted by Crippen LogP contribution is 2.24. The summed E-state index contributed by atoms with van der Waals surface area (Å²) in [7, 11) is 4.01. The van der Waals surface area contributed by atoms with E-state index in [-0.39, 0.29) is 0 Å². The minimum atomic E-state index is 0.377. The molecule has 0 bridgehead atoms. The second-order valence-electron chi connectivity index (χ2n) is 5.67. The van der Waals surface area contributed by atoms with E-state index in [1.807, 2.05) is 7.11 Å². The van der Waals surface area contributed by atoms with Crippen molar-refractivity contribution in [3.63, 3.8) is 0 Å². The summed E-state index contributed by atoms with van der Waals surface area (Å²) >= 11 is 0. The van der Waals surface area contributed by atoms with Gasteiger partial charge in [0.2, 0.25) is 0 Å². The predicted octanol–water partition coefficient (Wildman–Crippen LogP) is 4.34. The molecule has 0 unspecified atom stereocenters. The molecule has 0 amide bonds. The molecule has 0 aliphatic carbocycles. The van der Waals surface area contributed by atoms with Crippen LogP contribution in [0.4, 0.5) is 0 Å². The lowest BCUT2D eigenvalue weighted by atomic mass is 9.94. The molecule has 1 fully saturated rings. The van der Waals surface area contributed by atoms with Crippen LogP contribution in [0.3, 0.4) is 0 Å². The Labute approximate surface area is 125 Å². The summed E-state index contributed by atoms with van der Waals surface area (Å²) in [5.74, 6) is 0. The van der Waals surface area contributed by atoms with E-state index in [4.69, 9.17) is 4.74 Å². The van der Waals surface area contributed by atoms with E-state index in [2.05, 4.69) is 62.3 Å². The Hall–Kier alpha value is -0.860. The Morgan fingerprint density at radius 3 is 2.60 bits per heavy atom. The van der Waals surface area contributed by atoms with Crippen LogP contribution < -0.4 is 0 Å². The van der Waals surface area contributed by atoms with Crippen LogP contribution in [0.2, 0.25) is 0 Å². The molecule has 2 nitrogen and oxygen atoms in total. The largest absolute Gasteiger partial charge is 0.380 e. The highest BCUT2D eigenvalue weighted by atomic mass is 16.5. The second-order valence-corrected chi connectivity index (χ2v) is 5.67. The third-order valence-corrected chi connectivity index (χ3v) is 4.28. The van der Waals surface area contributed by atoms with E-state index in [0.29, 0.717) is 18.2 Å². The molecule has 0 spiro atoms. The van der Waals surface area contributed by atoms with Gasteiger partial charge in [-0.15, -0.1) is 0 Å². The first kappa shape index (κ1) is 17.2. The van der Waals surface area contributed by atoms with Gasteiger partial charge in [0.05, 0.1) is 6.10 Å². The Morgan fingerprint density at radius 1 is 1.15 bits per heavy atom. The van der Waals surface area contributed by atoms with Crippen LogP contribution in [0.25, 0.3) is 0 Å². The van der Waals surface area contributed by atoms with Crippen LogP contribution in [0.15, 0.2) is 36.5 Å². The van der Waals surface area contributed by atoms with Crippen molar-refractivity contribution in [3.8, 4) is 0 Å². The summed E-state index contributed by atoms with van der Waals surface area (Å²) in [6.07, 6.45) is 19.6. The van der Waals surface area contributed by atoms with E-state index in [0.717, 1.165) is 6.42 Å². The Bertz CT molecular complexity index is 332. The number of piperidine rings is 1. The molecule has 1 aliphatic rings. The normalized spacial score (nSPS) is 29.1. The summed E-state index contributed by atoms with van der Waals surface area (Å²) in [4.78, 5) is 2.42. The Balaban J connectivity index is 2.35. The van der Waals surface area contributed by atoms with Gasteiger partial charge in [0.1, 0.15) is 0 Å². The van der Waals surface area contributed by atoms with Crippen molar-refractivity contribution in [2.75, 3.05) is 14.2 Å². The number of unbranched alkanes of at least 4 members (excludes halogenated alkanes) is 2. The number of likely N-dealkylation sites (tertiary alicyclic amines) is 1. The van der Waals surface area contributed by atoms with Crippen molar-refractivity contribution < 1.29 is 4.74 Å². The first-order valence-corrected chi connectivity index (χ1v) is 7.95. The van der Waals surface area contributed by atoms with Crippen LogP contribution in [0.1, 0.15) is 46.0 Å². The summed E-state index contributed by atoms with van der Waals surface area (Å²) in [5, 5.41) is 0. The van der Waals surface area contributed by atoms with Gasteiger partial charge >= 0.3 is 0 Å². The molecule has 0 N–H and O–H groups in total. The lowest BCUT2D eigenvalue weighted by Crippen LogP contribution is -2.49. The fraction of sp³-hybridized carbons (Fsp3) is 0.667. The fourth-order valence-corrected chi connectivity index (χ4v) is 2.71. The highest BCUT2D eigenvalue weighted by Gasteiger charge is 2.30. The number of allylic oxidation sites excluding steroid dienone is 5. The van der Waals surface area contributed by atoms with Gasteiger partial charge in [0, 0.05) is 19.2 Å². The molecule has 1 aliphatic heterocycles. The maximum absolute atomic E-state index is 5.52. The first-order chi connectivity index (χ1) is 9.70. The zero-order chi connectivity index (χ0) is 14.8. The summed E-state index contributed by atoms with van der Waals surface area (Å²) in [6, 6.07) is 1.02. The smallest absolute Gasteiger partial charge is 0.0724 e. The van der Waals surface area contributed by atoms with Crippen LogP contribution in [-0.4, -0.2) is 37.2 Å². The second kappa shape index (κ2) is 9.95. The minimum absolute atomic E-state index is 0.377. The first-order valence-electron chi connectivity index (χ1n) is 7.95. The summed E-state index contributed by atoms with van der Waals surface area (Å²) in [5.41, 5.74) is 0. The third-order valence-electron chi connectivity index (χ3n) is 4.28. The number of methoxy groups -OCH3 is 1. The molecular formula is C18H31NO. The van der Waals surface area contributed by atoms with Crippen molar-refractivity contribution in [2.24, 2.45) is 0 Å². The van der Waals surface area contributed by atoms with E-state index in [9.17, 15) is 0 Å². The molecule has 0 saturated carbocycles. The molecule has 20 heavy (non-hydrogen) atoms. The van der Waals surface area contributed by atoms with E-state index in [1.165, 1.54) is 25.7 Å². The van der Waals surface area contributed by atoms with Gasteiger partial charge in [-0.2, -0.15) is 0 Å². The number of nitrogens with zero attached hydrogens (tertiary/aromatic N) is 1. The number of rotatable bonds is 7. The van der Waals surface area contributed by atoms with Crippen molar-refractivity contribution in [1.82, 2.24) is 4.90 Å². The quantitative estimate of drug-likeness (QED) is 0.507. The SMILES string of the molecule is CCCC/C=C/C=C\C=C\[C@H]1CC[C@@H](OC)[C@@H](C)N1C. The minimum Gasteiger partial charge on any atom is -0.380 e. The van der Waals surface area contributed by atoms with Gasteiger partial charge in [0.25, 0.3) is 0 Å². The molecule has 2 heteroatoms. The average molecular weight is 277 g/mol. The van der Waals surface area contributed by atoms with Gasteiger partial charge in [-0.3, -0.25) is 4.90 Å². The van der Waals surface area contributed by atoms with E-state index < -0.39 is 0 Å². The van der Waals surface area contributed by atoms with Gasteiger partial charge < -0.3 is 4.74 Å². The van der Waals surface area contributed by atoms with Gasteiger partial charge in [0.15, 0.2) is 0 Å². The Morgan fingerprint density at radius 2 is 1.90 bits per heavy atom. The molecule has 1 rings (SSSR count). The molecule has 0 aromatic heterocycles. The summed E-state index contributed by atoms with van der Waals surface area (Å²) in [6.45, 7) is 4.47. The Kier molecular flexibility index (Phi) is 8.56. The third kappa shape index (κ3) is 5.64. The molecule has 0 radical (unpaired) electrons. The van der Waals surface area contributed by atoms with Gasteiger partial charge in [-0.1, -0.05) is 56.2 Å². The standard InChI is InChI=1S/C18H31NO/c1-5-6-7-8-9-10-11-12-13-17-14-15-18(20-4)16(2)19(17)3/h8-13,16-18H,5-7,14-15H2,1-4H3/b9-8+,11-10-,13-12+/t16-,17+,18-/m1/s1. The fourth-order valence-electron chi connectivity index (χ4n) is 2.71. The maximum atomic E-state index is 5.52. The predicted molar refractivity (Wildman–Crippen MR) is 88.0 cm³/mol. The van der Waals surface area contributed by atoms with Crippen molar-refractivity contribution in [2.45, 2.75) is 64.1 Å². The molecule has 0 aromatic carbocycles. The van der Waals surface area contributed by atoms with E-state index in [1.54, 1.807) is 0 Å². The molecule has 114 valence electrons. The van der Waals surface area contributed by atoms with Crippen molar-refractivity contribution in [1.29, 1.82) is 0 Å². The van der Waals surface area contributed by atoms with Crippen LogP contribution in [0.5, 0.6) is 0 Å². The van der Waals surface area contributed by atoms with Gasteiger partial charge in [-0.25, -0.2) is 0 Å². The van der Waals surface area contributed by atoms with Crippen LogP contribution in [0, 0.1) is 0 Å². The average Bonchev–Trinajstić information content (AvgIpc) is 2.46. The number of ether oxygens (including phenoxy) is 1.